The van der Waals surface area contributed by atoms with Gasteiger partial charge in [0, 0.05) is 69.0 Å². The van der Waals surface area contributed by atoms with Crippen LogP contribution in [-0.4, -0.2) is 67.8 Å². The maximum Gasteiger partial charge on any atom is 0.271 e. The summed E-state index contributed by atoms with van der Waals surface area (Å²) in [4.78, 5) is 26.4. The summed E-state index contributed by atoms with van der Waals surface area (Å²) in [7, 11) is 2.15. The zero-order chi connectivity index (χ0) is 24.3. The molecule has 1 saturated heterocycles. The molecular weight excluding hydrogens is 444 g/mol. The number of anilines is 1. The molecule has 2 aromatic rings. The molecule has 1 fully saturated rings. The summed E-state index contributed by atoms with van der Waals surface area (Å²) in [5.74, 6) is -0.130. The molecule has 182 valence electrons. The van der Waals surface area contributed by atoms with Crippen LogP contribution in [0.15, 0.2) is 59.1 Å². The van der Waals surface area contributed by atoms with Crippen LogP contribution in [-0.2, 0) is 13.0 Å². The highest BCUT2D eigenvalue weighted by molar-refractivity contribution is 7.09. The standard InChI is InChI=1S/C26H36N6OS/c1-5-8-20(2)29-21(3)17-27-12-11-25-30-23(19-34-25)26(33)28-18-22-9-6-7-10-24(22)32-15-13-31(4)14-16-32/h5-10,19,27H,2,11-18H2,1,3-4H3,(H,28,33)/b8-5-,29-21+. The number of allylic oxidation sites excluding steroid dienone is 2. The number of carbonyl (C=O) groups is 1. The number of aromatic nitrogens is 1. The second-order valence-corrected chi connectivity index (χ2v) is 9.44. The number of thiazole rings is 1. The van der Waals surface area contributed by atoms with Gasteiger partial charge in [0.2, 0.25) is 0 Å². The summed E-state index contributed by atoms with van der Waals surface area (Å²) < 4.78 is 0. The molecule has 0 spiro atoms. The van der Waals surface area contributed by atoms with Crippen LogP contribution in [0.4, 0.5) is 5.69 Å². The van der Waals surface area contributed by atoms with Gasteiger partial charge in [0.1, 0.15) is 5.69 Å². The molecule has 8 heteroatoms. The van der Waals surface area contributed by atoms with Gasteiger partial charge >= 0.3 is 0 Å². The predicted octanol–water partition coefficient (Wildman–Crippen LogP) is 3.51. The van der Waals surface area contributed by atoms with Crippen molar-refractivity contribution < 1.29 is 4.79 Å². The second-order valence-electron chi connectivity index (χ2n) is 8.49. The third-order valence-electron chi connectivity index (χ3n) is 5.65. The molecule has 0 radical (unpaired) electrons. The van der Waals surface area contributed by atoms with Crippen LogP contribution in [0.5, 0.6) is 0 Å². The summed E-state index contributed by atoms with van der Waals surface area (Å²) in [6.07, 6.45) is 4.58. The number of nitrogens with zero attached hydrogens (tertiary/aromatic N) is 4. The van der Waals surface area contributed by atoms with Gasteiger partial charge < -0.3 is 20.4 Å². The Balaban J connectivity index is 1.46. The van der Waals surface area contributed by atoms with Crippen LogP contribution in [0.1, 0.15) is 34.9 Å². The van der Waals surface area contributed by atoms with Gasteiger partial charge in [-0.25, -0.2) is 4.98 Å². The third-order valence-corrected chi connectivity index (χ3v) is 6.56. The molecule has 1 aliphatic heterocycles. The summed E-state index contributed by atoms with van der Waals surface area (Å²) in [5.41, 5.74) is 4.56. The van der Waals surface area contributed by atoms with Gasteiger partial charge in [-0.1, -0.05) is 30.9 Å². The number of likely N-dealkylation sites (N-methyl/N-ethyl adjacent to an activating group) is 1. The number of aliphatic imine (C=N–C) groups is 1. The summed E-state index contributed by atoms with van der Waals surface area (Å²) in [6.45, 7) is 13.9. The van der Waals surface area contributed by atoms with Crippen molar-refractivity contribution in [3.63, 3.8) is 0 Å². The smallest absolute Gasteiger partial charge is 0.271 e. The van der Waals surface area contributed by atoms with Gasteiger partial charge in [0.15, 0.2) is 0 Å². The molecule has 1 aromatic heterocycles. The van der Waals surface area contributed by atoms with Crippen molar-refractivity contribution in [1.29, 1.82) is 0 Å². The minimum Gasteiger partial charge on any atom is -0.369 e. The van der Waals surface area contributed by atoms with E-state index in [0.717, 1.165) is 61.1 Å². The fourth-order valence-electron chi connectivity index (χ4n) is 3.79. The zero-order valence-corrected chi connectivity index (χ0v) is 21.3. The number of hydrogen-bond acceptors (Lipinski definition) is 7. The van der Waals surface area contributed by atoms with Gasteiger partial charge in [0.25, 0.3) is 5.91 Å². The predicted molar refractivity (Wildman–Crippen MR) is 143 cm³/mol. The largest absolute Gasteiger partial charge is 0.369 e. The lowest BCUT2D eigenvalue weighted by atomic mass is 10.1. The Morgan fingerprint density at radius 2 is 2.03 bits per heavy atom. The number of para-hydroxylation sites is 1. The second kappa shape index (κ2) is 13.2. The normalized spacial score (nSPS) is 15.1. The van der Waals surface area contributed by atoms with E-state index in [4.69, 9.17) is 0 Å². The molecule has 7 nitrogen and oxygen atoms in total. The topological polar surface area (TPSA) is 72.9 Å². The molecule has 0 atom stereocenters. The first-order chi connectivity index (χ1) is 16.5. The quantitative estimate of drug-likeness (QED) is 0.293. The summed E-state index contributed by atoms with van der Waals surface area (Å²) >= 11 is 1.52. The number of amides is 1. The van der Waals surface area contributed by atoms with E-state index in [9.17, 15) is 4.79 Å². The van der Waals surface area contributed by atoms with Crippen molar-refractivity contribution >= 4 is 28.6 Å². The van der Waals surface area contributed by atoms with Gasteiger partial charge in [-0.3, -0.25) is 9.79 Å². The van der Waals surface area contributed by atoms with Crippen molar-refractivity contribution in [3.8, 4) is 0 Å². The van der Waals surface area contributed by atoms with Crippen LogP contribution in [0.2, 0.25) is 0 Å². The molecule has 0 bridgehead atoms. The lowest BCUT2D eigenvalue weighted by molar-refractivity contribution is 0.0946. The van der Waals surface area contributed by atoms with E-state index in [0.29, 0.717) is 18.8 Å². The van der Waals surface area contributed by atoms with E-state index in [2.05, 4.69) is 62.2 Å². The van der Waals surface area contributed by atoms with Crippen LogP contribution in [0.3, 0.4) is 0 Å². The van der Waals surface area contributed by atoms with Gasteiger partial charge in [-0.15, -0.1) is 11.3 Å². The van der Waals surface area contributed by atoms with E-state index < -0.39 is 0 Å². The minimum absolute atomic E-state index is 0.130. The molecular formula is C26H36N6OS. The Kier molecular flexibility index (Phi) is 10.00. The first-order valence-electron chi connectivity index (χ1n) is 11.8. The van der Waals surface area contributed by atoms with Crippen LogP contribution in [0, 0.1) is 0 Å². The summed E-state index contributed by atoms with van der Waals surface area (Å²) in [5, 5.41) is 9.21. The molecule has 1 aliphatic rings. The number of benzene rings is 1. The van der Waals surface area contributed by atoms with Gasteiger partial charge in [-0.2, -0.15) is 0 Å². The highest BCUT2D eigenvalue weighted by Crippen LogP contribution is 2.22. The lowest BCUT2D eigenvalue weighted by Crippen LogP contribution is -2.45. The molecule has 3 rings (SSSR count). The maximum absolute atomic E-state index is 12.7. The maximum atomic E-state index is 12.7. The first-order valence-corrected chi connectivity index (χ1v) is 12.6. The van der Waals surface area contributed by atoms with Gasteiger partial charge in [0.05, 0.1) is 10.7 Å². The fourth-order valence-corrected chi connectivity index (χ4v) is 4.57. The number of rotatable bonds is 11. The van der Waals surface area contributed by atoms with E-state index in [1.54, 1.807) is 0 Å². The molecule has 2 N–H and O–H groups in total. The summed E-state index contributed by atoms with van der Waals surface area (Å²) in [6, 6.07) is 8.32. The molecule has 34 heavy (non-hydrogen) atoms. The molecule has 0 saturated carbocycles. The van der Waals surface area contributed by atoms with Crippen molar-refractivity contribution in [2.45, 2.75) is 26.8 Å². The van der Waals surface area contributed by atoms with E-state index in [-0.39, 0.29) is 5.91 Å². The van der Waals surface area contributed by atoms with Gasteiger partial charge in [-0.05, 0) is 38.6 Å². The highest BCUT2D eigenvalue weighted by atomic mass is 32.1. The molecule has 1 amide bonds. The fraction of sp³-hybridized carbons (Fsp3) is 0.423. The van der Waals surface area contributed by atoms with Crippen LogP contribution < -0.4 is 15.5 Å². The number of carbonyl (C=O) groups excluding carboxylic acids is 1. The monoisotopic (exact) mass is 480 g/mol. The Hall–Kier alpha value is -2.81. The minimum atomic E-state index is -0.130. The number of piperazine rings is 1. The number of nitrogens with one attached hydrogen (secondary N) is 2. The van der Waals surface area contributed by atoms with Crippen LogP contribution in [0.25, 0.3) is 0 Å². The first kappa shape index (κ1) is 25.8. The van der Waals surface area contributed by atoms with Crippen molar-refractivity contribution in [1.82, 2.24) is 20.5 Å². The highest BCUT2D eigenvalue weighted by Gasteiger charge is 2.17. The average Bonchev–Trinajstić information content (AvgIpc) is 3.30. The zero-order valence-electron chi connectivity index (χ0n) is 20.5. The van der Waals surface area contributed by atoms with E-state index >= 15 is 0 Å². The molecule has 0 aliphatic carbocycles. The average molecular weight is 481 g/mol. The Bertz CT molecular complexity index is 1020. The SMILES string of the molecule is C=C(/C=C\C)/N=C(\C)CNCCc1nc(C(=O)NCc2ccccc2N2CCN(C)CC2)cs1. The van der Waals surface area contributed by atoms with Crippen molar-refractivity contribution in [3.05, 3.63) is 70.3 Å². The van der Waals surface area contributed by atoms with Crippen molar-refractivity contribution in [2.24, 2.45) is 4.99 Å². The molecule has 2 heterocycles. The number of hydrogen-bond donors (Lipinski definition) is 2. The third kappa shape index (κ3) is 7.90. The Labute approximate surface area is 207 Å². The van der Waals surface area contributed by atoms with Crippen molar-refractivity contribution in [2.75, 3.05) is 51.2 Å². The van der Waals surface area contributed by atoms with E-state index in [1.807, 2.05) is 37.4 Å². The lowest BCUT2D eigenvalue weighted by Gasteiger charge is -2.35. The molecule has 1 aromatic carbocycles. The Morgan fingerprint density at radius 1 is 1.26 bits per heavy atom. The van der Waals surface area contributed by atoms with Crippen LogP contribution >= 0.6 is 11.3 Å². The van der Waals surface area contributed by atoms with E-state index in [1.165, 1.54) is 17.0 Å². The Morgan fingerprint density at radius 3 is 2.79 bits per heavy atom. The molecule has 0 unspecified atom stereocenters.